The summed E-state index contributed by atoms with van der Waals surface area (Å²) in [6.07, 6.45) is 7.09. The second-order valence-corrected chi connectivity index (χ2v) is 13.3. The van der Waals surface area contributed by atoms with Gasteiger partial charge in [0.05, 0.1) is 18.5 Å². The minimum atomic E-state index is -1.54. The standard InChI is InChI=1S/C33H48N6O7/c1-33(2,39-32(45)46)31(44)38-25(16-21-11-7-4-8-12-21)29(42)37-26(17-23-18-34-19-35-23)30(43)36-24(15-20-9-5-3-6-10-20)28(41)27(40)22-13-14-22/h4,7-8,11-12,18-20,22,24-28,39-41H,3,5-6,9-10,13-17H2,1-2H3,(H,34,35)(H,36,43)(H,37,42)(H,38,44)(H,45,46)/t24-,25-,26-,27-,28+/m0/s1. The molecule has 252 valence electrons. The van der Waals surface area contributed by atoms with E-state index in [4.69, 9.17) is 0 Å². The van der Waals surface area contributed by atoms with Crippen molar-refractivity contribution in [3.63, 3.8) is 0 Å². The molecular formula is C33H48N6O7. The number of imidazole rings is 1. The molecule has 0 spiro atoms. The first-order chi connectivity index (χ1) is 21.9. The van der Waals surface area contributed by atoms with Crippen molar-refractivity contribution in [1.29, 1.82) is 0 Å². The number of aliphatic hydroxyl groups is 2. The Bertz CT molecular complexity index is 1290. The minimum absolute atomic E-state index is 0.00322. The summed E-state index contributed by atoms with van der Waals surface area (Å²) in [5, 5.41) is 41.8. The van der Waals surface area contributed by atoms with Crippen LogP contribution >= 0.6 is 0 Å². The highest BCUT2D eigenvalue weighted by atomic mass is 16.4. The summed E-state index contributed by atoms with van der Waals surface area (Å²) in [4.78, 5) is 59.2. The van der Waals surface area contributed by atoms with Gasteiger partial charge in [0.1, 0.15) is 23.7 Å². The average Bonchev–Trinajstić information content (AvgIpc) is 3.75. The van der Waals surface area contributed by atoms with Crippen LogP contribution in [0.4, 0.5) is 4.79 Å². The van der Waals surface area contributed by atoms with E-state index in [1.807, 2.05) is 6.07 Å². The molecule has 4 amide bonds. The molecule has 0 saturated heterocycles. The zero-order valence-electron chi connectivity index (χ0n) is 26.6. The van der Waals surface area contributed by atoms with E-state index >= 15 is 0 Å². The van der Waals surface area contributed by atoms with Gasteiger partial charge in [-0.2, -0.15) is 0 Å². The van der Waals surface area contributed by atoms with E-state index in [9.17, 15) is 34.5 Å². The molecule has 8 N–H and O–H groups in total. The van der Waals surface area contributed by atoms with Gasteiger partial charge in [-0.25, -0.2) is 9.78 Å². The number of benzene rings is 1. The van der Waals surface area contributed by atoms with Crippen LogP contribution in [0.3, 0.4) is 0 Å². The number of nitrogens with zero attached hydrogens (tertiary/aromatic N) is 1. The number of carboxylic acid groups (broad SMARTS) is 1. The maximum atomic E-state index is 13.9. The number of rotatable bonds is 16. The molecule has 0 aliphatic heterocycles. The van der Waals surface area contributed by atoms with Gasteiger partial charge in [0, 0.05) is 24.7 Å². The van der Waals surface area contributed by atoms with Crippen LogP contribution in [0, 0.1) is 11.8 Å². The Morgan fingerprint density at radius 3 is 2.17 bits per heavy atom. The summed E-state index contributed by atoms with van der Waals surface area (Å²) in [6.45, 7) is 2.77. The quantitative estimate of drug-likeness (QED) is 0.135. The molecule has 2 aromatic rings. The molecule has 2 aliphatic rings. The highest BCUT2D eigenvalue weighted by Gasteiger charge is 2.40. The zero-order valence-corrected chi connectivity index (χ0v) is 26.6. The van der Waals surface area contributed by atoms with Crippen LogP contribution < -0.4 is 21.3 Å². The van der Waals surface area contributed by atoms with Gasteiger partial charge in [-0.1, -0.05) is 62.4 Å². The van der Waals surface area contributed by atoms with E-state index in [1.54, 1.807) is 30.5 Å². The fourth-order valence-electron chi connectivity index (χ4n) is 6.12. The second-order valence-electron chi connectivity index (χ2n) is 13.3. The number of H-pyrrole nitrogens is 1. The Morgan fingerprint density at radius 1 is 0.913 bits per heavy atom. The number of amides is 4. The van der Waals surface area contributed by atoms with Crippen LogP contribution in [0.5, 0.6) is 0 Å². The summed E-state index contributed by atoms with van der Waals surface area (Å²) >= 11 is 0. The van der Waals surface area contributed by atoms with Crippen LogP contribution in [-0.4, -0.2) is 85.0 Å². The molecule has 2 saturated carbocycles. The number of carbonyl (C=O) groups is 4. The Labute approximate surface area is 269 Å². The van der Waals surface area contributed by atoms with Gasteiger partial charge in [0.2, 0.25) is 17.7 Å². The molecule has 13 nitrogen and oxygen atoms in total. The molecule has 13 heteroatoms. The summed E-state index contributed by atoms with van der Waals surface area (Å²) in [5.41, 5.74) is -0.219. The van der Waals surface area contributed by atoms with E-state index < -0.39 is 59.7 Å². The van der Waals surface area contributed by atoms with E-state index in [-0.39, 0.29) is 18.8 Å². The van der Waals surface area contributed by atoms with Crippen molar-refractivity contribution in [2.24, 2.45) is 11.8 Å². The van der Waals surface area contributed by atoms with Crippen molar-refractivity contribution in [3.05, 3.63) is 54.1 Å². The molecule has 1 heterocycles. The number of nitrogens with one attached hydrogen (secondary N) is 5. The zero-order chi connectivity index (χ0) is 33.3. The molecule has 2 aliphatic carbocycles. The van der Waals surface area contributed by atoms with Crippen LogP contribution in [-0.2, 0) is 27.2 Å². The first kappa shape index (κ1) is 34.9. The SMILES string of the molecule is CC(C)(NC(=O)O)C(=O)N[C@@H](Cc1ccccc1)C(=O)N[C@@H](Cc1cnc[nH]1)C(=O)N[C@@H](CC1CCCCC1)[C@@H](O)[C@@H](O)C1CC1. The van der Waals surface area contributed by atoms with Crippen LogP contribution in [0.2, 0.25) is 0 Å². The molecule has 2 fully saturated rings. The number of aromatic nitrogens is 2. The summed E-state index contributed by atoms with van der Waals surface area (Å²) in [5.74, 6) is -1.60. The summed E-state index contributed by atoms with van der Waals surface area (Å²) in [7, 11) is 0. The predicted molar refractivity (Wildman–Crippen MR) is 169 cm³/mol. The first-order valence-corrected chi connectivity index (χ1v) is 16.2. The van der Waals surface area contributed by atoms with Crippen molar-refractivity contribution in [1.82, 2.24) is 31.2 Å². The third kappa shape index (κ3) is 10.3. The number of hydrogen-bond acceptors (Lipinski definition) is 7. The van der Waals surface area contributed by atoms with E-state index in [0.29, 0.717) is 18.0 Å². The third-order valence-corrected chi connectivity index (χ3v) is 9.01. The van der Waals surface area contributed by atoms with Crippen LogP contribution in [0.25, 0.3) is 0 Å². The van der Waals surface area contributed by atoms with Gasteiger partial charge in [0.15, 0.2) is 0 Å². The molecular weight excluding hydrogens is 592 g/mol. The lowest BCUT2D eigenvalue weighted by Gasteiger charge is -2.33. The molecule has 0 radical (unpaired) electrons. The van der Waals surface area contributed by atoms with Gasteiger partial charge in [0.25, 0.3) is 0 Å². The minimum Gasteiger partial charge on any atom is -0.465 e. The Kier molecular flexibility index (Phi) is 12.2. The van der Waals surface area contributed by atoms with Crippen LogP contribution in [0.1, 0.15) is 76.5 Å². The van der Waals surface area contributed by atoms with Gasteiger partial charge < -0.3 is 41.6 Å². The second kappa shape index (κ2) is 16.0. The fraction of sp³-hybridized carbons (Fsp3) is 0.606. The maximum Gasteiger partial charge on any atom is 0.405 e. The number of aliphatic hydroxyl groups excluding tert-OH is 2. The van der Waals surface area contributed by atoms with Crippen molar-refractivity contribution in [3.8, 4) is 0 Å². The first-order valence-electron chi connectivity index (χ1n) is 16.2. The van der Waals surface area contributed by atoms with Crippen molar-refractivity contribution < 1.29 is 34.5 Å². The molecule has 4 rings (SSSR count). The average molecular weight is 641 g/mol. The molecule has 46 heavy (non-hydrogen) atoms. The maximum absolute atomic E-state index is 13.9. The number of aromatic amines is 1. The number of hydrogen-bond donors (Lipinski definition) is 8. The van der Waals surface area contributed by atoms with Crippen molar-refractivity contribution >= 4 is 23.8 Å². The number of carbonyl (C=O) groups excluding carboxylic acids is 3. The predicted octanol–water partition coefficient (Wildman–Crippen LogP) is 1.80. The Morgan fingerprint density at radius 2 is 1.57 bits per heavy atom. The Hall–Kier alpha value is -3.97. The van der Waals surface area contributed by atoms with E-state index in [1.165, 1.54) is 20.2 Å². The fourth-order valence-corrected chi connectivity index (χ4v) is 6.12. The molecule has 0 unspecified atom stereocenters. The van der Waals surface area contributed by atoms with Gasteiger partial charge in [-0.05, 0) is 50.5 Å². The van der Waals surface area contributed by atoms with E-state index in [2.05, 4.69) is 31.2 Å². The molecule has 5 atom stereocenters. The van der Waals surface area contributed by atoms with E-state index in [0.717, 1.165) is 50.5 Å². The molecule has 0 bridgehead atoms. The monoisotopic (exact) mass is 640 g/mol. The molecule has 1 aromatic heterocycles. The topological polar surface area (TPSA) is 206 Å². The van der Waals surface area contributed by atoms with Crippen molar-refractivity contribution in [2.75, 3.05) is 0 Å². The lowest BCUT2D eigenvalue weighted by Crippen LogP contribution is -2.61. The molecule has 1 aromatic carbocycles. The summed E-state index contributed by atoms with van der Waals surface area (Å²) < 4.78 is 0. The smallest absolute Gasteiger partial charge is 0.405 e. The summed E-state index contributed by atoms with van der Waals surface area (Å²) in [6, 6.07) is 6.02. The van der Waals surface area contributed by atoms with Gasteiger partial charge >= 0.3 is 6.09 Å². The third-order valence-electron chi connectivity index (χ3n) is 9.01. The largest absolute Gasteiger partial charge is 0.465 e. The van der Waals surface area contributed by atoms with Gasteiger partial charge in [-0.3, -0.25) is 14.4 Å². The van der Waals surface area contributed by atoms with Crippen LogP contribution in [0.15, 0.2) is 42.9 Å². The lowest BCUT2D eigenvalue weighted by molar-refractivity contribution is -0.134. The van der Waals surface area contributed by atoms with Gasteiger partial charge in [-0.15, -0.1) is 0 Å². The van der Waals surface area contributed by atoms with Crippen molar-refractivity contribution in [2.45, 2.75) is 114 Å². The highest BCUT2D eigenvalue weighted by Crippen LogP contribution is 2.36. The normalized spacial score (nSPS) is 18.8. The lowest BCUT2D eigenvalue weighted by atomic mass is 9.82. The Balaban J connectivity index is 1.55. The highest BCUT2D eigenvalue weighted by molar-refractivity contribution is 5.95.